The van der Waals surface area contributed by atoms with Gasteiger partial charge in [-0.1, -0.05) is 71.7 Å². The minimum Gasteiger partial charge on any atom is -0.455 e. The zero-order valence-electron chi connectivity index (χ0n) is 18.7. The minimum absolute atomic E-state index is 0.0263. The lowest BCUT2D eigenvalue weighted by Gasteiger charge is -2.44. The third-order valence-electron chi connectivity index (χ3n) is 5.18. The Morgan fingerprint density at radius 2 is 1.76 bits per heavy atom. The lowest BCUT2D eigenvalue weighted by molar-refractivity contribution is -0.174. The fourth-order valence-corrected chi connectivity index (χ4v) is 4.66. The summed E-state index contributed by atoms with van der Waals surface area (Å²) in [5, 5.41) is 7.64. The Morgan fingerprint density at radius 1 is 1.06 bits per heavy atom. The molecule has 0 saturated carbocycles. The molecule has 1 aliphatic heterocycles. The second-order valence-electron chi connectivity index (χ2n) is 7.51. The van der Waals surface area contributed by atoms with E-state index in [9.17, 15) is 10.3 Å². The van der Waals surface area contributed by atoms with Gasteiger partial charge in [0.1, 0.15) is 23.7 Å². The van der Waals surface area contributed by atoms with Gasteiger partial charge in [0.25, 0.3) is 0 Å². The number of ether oxygens (including phenoxy) is 3. The van der Waals surface area contributed by atoms with Gasteiger partial charge in [0.15, 0.2) is 0 Å². The summed E-state index contributed by atoms with van der Waals surface area (Å²) >= 11 is 1.34. The SMILES string of the molecule is CCCCO[C@H]1C(CN=[N+]=[N-])O[C@H](Sc2ccccc2)[C@@H](N=[N+]=[N-])C1OC(=O)c1ccccc1. The summed E-state index contributed by atoms with van der Waals surface area (Å²) in [5.74, 6) is -0.569. The molecule has 11 heteroatoms. The molecule has 1 aliphatic rings. The number of rotatable bonds is 11. The first-order valence-corrected chi connectivity index (χ1v) is 11.9. The van der Waals surface area contributed by atoms with Crippen molar-refractivity contribution in [2.75, 3.05) is 13.2 Å². The van der Waals surface area contributed by atoms with Crippen LogP contribution in [0.4, 0.5) is 0 Å². The number of thioether (sulfide) groups is 1. The van der Waals surface area contributed by atoms with Crippen LogP contribution in [0.3, 0.4) is 0 Å². The molecule has 5 atom stereocenters. The van der Waals surface area contributed by atoms with E-state index in [1.165, 1.54) is 11.8 Å². The predicted octanol–water partition coefficient (Wildman–Crippen LogP) is 5.90. The Balaban J connectivity index is 1.97. The third kappa shape index (κ3) is 6.90. The normalized spacial score (nSPS) is 23.9. The molecule has 0 N–H and O–H groups in total. The number of carbonyl (C=O) groups is 1. The highest BCUT2D eigenvalue weighted by molar-refractivity contribution is 7.99. The van der Waals surface area contributed by atoms with Crippen LogP contribution in [0.2, 0.25) is 0 Å². The zero-order chi connectivity index (χ0) is 24.2. The number of benzene rings is 2. The highest BCUT2D eigenvalue weighted by Crippen LogP contribution is 2.37. The summed E-state index contributed by atoms with van der Waals surface area (Å²) in [6, 6.07) is 17.1. The van der Waals surface area contributed by atoms with Crippen LogP contribution in [0.15, 0.2) is 75.8 Å². The average molecular weight is 483 g/mol. The summed E-state index contributed by atoms with van der Waals surface area (Å²) in [6.07, 6.45) is -0.761. The molecular formula is C23H26N6O4S. The van der Waals surface area contributed by atoms with Crippen molar-refractivity contribution in [1.29, 1.82) is 0 Å². The van der Waals surface area contributed by atoms with Crippen LogP contribution in [-0.4, -0.2) is 48.9 Å². The molecule has 3 rings (SSSR count). The fraction of sp³-hybridized carbons (Fsp3) is 0.435. The number of esters is 1. The van der Waals surface area contributed by atoms with Crippen LogP contribution in [0.25, 0.3) is 20.9 Å². The van der Waals surface area contributed by atoms with Gasteiger partial charge in [-0.05, 0) is 41.7 Å². The monoisotopic (exact) mass is 482 g/mol. The summed E-state index contributed by atoms with van der Waals surface area (Å²) in [7, 11) is 0. The van der Waals surface area contributed by atoms with Gasteiger partial charge in [-0.3, -0.25) is 0 Å². The summed E-state index contributed by atoms with van der Waals surface area (Å²) in [5.41, 5.74) is 17.9. The van der Waals surface area contributed by atoms with E-state index >= 15 is 0 Å². The van der Waals surface area contributed by atoms with Crippen LogP contribution in [0.1, 0.15) is 30.1 Å². The maximum atomic E-state index is 13.0. The molecule has 2 unspecified atom stereocenters. The van der Waals surface area contributed by atoms with Gasteiger partial charge in [-0.15, -0.1) is 0 Å². The van der Waals surface area contributed by atoms with Gasteiger partial charge in [0.05, 0.1) is 18.2 Å². The van der Waals surface area contributed by atoms with Crippen LogP contribution >= 0.6 is 11.8 Å². The highest BCUT2D eigenvalue weighted by atomic mass is 32.2. The van der Waals surface area contributed by atoms with Gasteiger partial charge in [-0.2, -0.15) is 0 Å². The Bertz CT molecular complexity index is 1010. The molecule has 10 nitrogen and oxygen atoms in total. The van der Waals surface area contributed by atoms with E-state index in [2.05, 4.69) is 20.1 Å². The van der Waals surface area contributed by atoms with Gasteiger partial charge >= 0.3 is 5.97 Å². The molecule has 2 aromatic rings. The van der Waals surface area contributed by atoms with Crippen molar-refractivity contribution in [3.8, 4) is 0 Å². The van der Waals surface area contributed by atoms with Gasteiger partial charge in [0, 0.05) is 21.3 Å². The molecule has 0 spiro atoms. The lowest BCUT2D eigenvalue weighted by atomic mass is 9.97. The number of azide groups is 2. The summed E-state index contributed by atoms with van der Waals surface area (Å²) in [4.78, 5) is 19.7. The number of hydrogen-bond donors (Lipinski definition) is 0. The lowest BCUT2D eigenvalue weighted by Crippen LogP contribution is -2.59. The number of hydrogen-bond acceptors (Lipinski definition) is 7. The van der Waals surface area contributed by atoms with Crippen molar-refractivity contribution >= 4 is 17.7 Å². The number of carbonyl (C=O) groups excluding carboxylic acids is 1. The zero-order valence-corrected chi connectivity index (χ0v) is 19.5. The Kier molecular flexibility index (Phi) is 10.1. The third-order valence-corrected chi connectivity index (χ3v) is 6.35. The summed E-state index contributed by atoms with van der Waals surface area (Å²) in [6.45, 7) is 2.39. The Labute approximate surface area is 201 Å². The van der Waals surface area contributed by atoms with Crippen molar-refractivity contribution in [2.24, 2.45) is 10.2 Å². The van der Waals surface area contributed by atoms with E-state index < -0.39 is 35.8 Å². The molecule has 0 bridgehead atoms. The topological polar surface area (TPSA) is 142 Å². The first-order chi connectivity index (χ1) is 16.7. The molecule has 1 heterocycles. The van der Waals surface area contributed by atoms with Crippen molar-refractivity contribution < 1.29 is 19.0 Å². The summed E-state index contributed by atoms with van der Waals surface area (Å²) < 4.78 is 18.2. The molecule has 178 valence electrons. The number of unbranched alkanes of at least 4 members (excludes halogenated alkanes) is 1. The van der Waals surface area contributed by atoms with Crippen molar-refractivity contribution in [3.05, 3.63) is 87.1 Å². The second-order valence-corrected chi connectivity index (χ2v) is 8.68. The molecule has 2 aromatic carbocycles. The Morgan fingerprint density at radius 3 is 2.41 bits per heavy atom. The Hall–Kier alpha value is -3.20. The van der Waals surface area contributed by atoms with Crippen LogP contribution in [-0.2, 0) is 14.2 Å². The maximum Gasteiger partial charge on any atom is 0.338 e. The maximum absolute atomic E-state index is 13.0. The van der Waals surface area contributed by atoms with E-state index in [0.717, 1.165) is 17.7 Å². The van der Waals surface area contributed by atoms with E-state index in [-0.39, 0.29) is 6.54 Å². The quantitative estimate of drug-likeness (QED) is 0.129. The first-order valence-electron chi connectivity index (χ1n) is 11.0. The van der Waals surface area contributed by atoms with Crippen molar-refractivity contribution in [2.45, 2.75) is 54.5 Å². The second kappa shape index (κ2) is 13.5. The van der Waals surface area contributed by atoms with Crippen LogP contribution < -0.4 is 0 Å². The largest absolute Gasteiger partial charge is 0.455 e. The molecule has 0 amide bonds. The van der Waals surface area contributed by atoms with Crippen molar-refractivity contribution in [1.82, 2.24) is 0 Å². The fourth-order valence-electron chi connectivity index (χ4n) is 3.53. The molecule has 34 heavy (non-hydrogen) atoms. The molecule has 1 saturated heterocycles. The van der Waals surface area contributed by atoms with Gasteiger partial charge in [0.2, 0.25) is 0 Å². The van der Waals surface area contributed by atoms with Gasteiger partial charge in [-0.25, -0.2) is 4.79 Å². The predicted molar refractivity (Wildman–Crippen MR) is 128 cm³/mol. The van der Waals surface area contributed by atoms with Crippen LogP contribution in [0.5, 0.6) is 0 Å². The van der Waals surface area contributed by atoms with E-state index in [1.807, 2.05) is 37.3 Å². The van der Waals surface area contributed by atoms with Gasteiger partial charge < -0.3 is 14.2 Å². The first kappa shape index (κ1) is 25.4. The number of nitrogens with zero attached hydrogens (tertiary/aromatic N) is 6. The molecule has 0 radical (unpaired) electrons. The smallest absolute Gasteiger partial charge is 0.338 e. The van der Waals surface area contributed by atoms with Crippen LogP contribution in [0, 0.1) is 0 Å². The molecule has 0 aliphatic carbocycles. The van der Waals surface area contributed by atoms with Crippen molar-refractivity contribution in [3.63, 3.8) is 0 Å². The average Bonchev–Trinajstić information content (AvgIpc) is 2.87. The standard InChI is InChI=1S/C23H26N6O4S/c1-2-3-14-31-20-18(15-26-28-24)32-23(34-17-12-8-5-9-13-17)19(27-29-25)21(20)33-22(30)16-10-6-4-7-11-16/h4-13,18-21,23H,2-3,14-15H2,1H3/t18?,19-,20-,21?,23+/m0/s1. The highest BCUT2D eigenvalue weighted by Gasteiger charge is 2.48. The molecule has 1 fully saturated rings. The molecule has 0 aromatic heterocycles. The van der Waals surface area contributed by atoms with E-state index in [4.69, 9.17) is 19.7 Å². The van der Waals surface area contributed by atoms with E-state index in [0.29, 0.717) is 12.2 Å². The van der Waals surface area contributed by atoms with E-state index in [1.54, 1.807) is 30.3 Å². The molecular weight excluding hydrogens is 456 g/mol. The minimum atomic E-state index is -0.950.